The van der Waals surface area contributed by atoms with Crippen molar-refractivity contribution in [3.05, 3.63) is 34.5 Å². The lowest BCUT2D eigenvalue weighted by atomic mass is 9.91. The van der Waals surface area contributed by atoms with Crippen LogP contribution in [0.25, 0.3) is 0 Å². The number of thiazole rings is 1. The van der Waals surface area contributed by atoms with E-state index in [4.69, 9.17) is 17.3 Å². The van der Waals surface area contributed by atoms with E-state index in [1.165, 1.54) is 6.20 Å². The third-order valence-corrected chi connectivity index (χ3v) is 6.52. The van der Waals surface area contributed by atoms with E-state index in [1.54, 1.807) is 5.38 Å². The van der Waals surface area contributed by atoms with E-state index < -0.39 is 20.7 Å². The maximum Gasteiger partial charge on any atom is 0.266 e. The summed E-state index contributed by atoms with van der Waals surface area (Å²) in [4.78, 5) is 3.31. The van der Waals surface area contributed by atoms with Crippen molar-refractivity contribution in [2.45, 2.75) is 42.7 Å². The molecule has 1 aliphatic rings. The Morgan fingerprint density at radius 3 is 2.84 bits per heavy atom. The first-order valence-corrected chi connectivity index (χ1v) is 10.5. The van der Waals surface area contributed by atoms with Crippen molar-refractivity contribution in [2.24, 2.45) is 5.73 Å². The largest absolute Gasteiger partial charge is 0.381 e. The number of halogens is 2. The molecule has 0 saturated heterocycles. The van der Waals surface area contributed by atoms with Gasteiger partial charge in [-0.25, -0.2) is 17.8 Å². The Kier molecular flexibility index (Phi) is 5.47. The van der Waals surface area contributed by atoms with Crippen molar-refractivity contribution in [3.8, 4) is 0 Å². The quantitative estimate of drug-likeness (QED) is 0.709. The summed E-state index contributed by atoms with van der Waals surface area (Å²) >= 11 is 7.28. The van der Waals surface area contributed by atoms with Gasteiger partial charge in [-0.3, -0.25) is 4.72 Å². The van der Waals surface area contributed by atoms with Gasteiger partial charge in [-0.05, 0) is 37.8 Å². The topological polar surface area (TPSA) is 97.1 Å². The first-order chi connectivity index (χ1) is 11.8. The molecule has 0 bridgehead atoms. The van der Waals surface area contributed by atoms with E-state index in [-0.39, 0.29) is 22.2 Å². The number of benzene rings is 1. The van der Waals surface area contributed by atoms with Gasteiger partial charge >= 0.3 is 0 Å². The fraction of sp³-hybridized carbons (Fsp3) is 0.400. The van der Waals surface area contributed by atoms with E-state index in [0.717, 1.165) is 49.2 Å². The summed E-state index contributed by atoms with van der Waals surface area (Å²) in [5.74, 6) is -0.879. The number of hydrogen-bond acceptors (Lipinski definition) is 6. The molecular formula is C15H18ClFN4O2S2. The molecule has 136 valence electrons. The maximum atomic E-state index is 14.4. The Hall–Kier alpha value is -1.42. The number of nitrogens with zero attached hydrogens (tertiary/aromatic N) is 1. The first-order valence-electron chi connectivity index (χ1n) is 7.78. The molecule has 25 heavy (non-hydrogen) atoms. The van der Waals surface area contributed by atoms with Gasteiger partial charge in [-0.1, -0.05) is 11.6 Å². The summed E-state index contributed by atoms with van der Waals surface area (Å²) in [5, 5.41) is 5.08. The zero-order valence-corrected chi connectivity index (χ0v) is 15.6. The molecule has 1 aromatic carbocycles. The van der Waals surface area contributed by atoms with Crippen LogP contribution in [0.2, 0.25) is 5.02 Å². The van der Waals surface area contributed by atoms with E-state index in [1.807, 2.05) is 0 Å². The molecule has 0 aliphatic heterocycles. The van der Waals surface area contributed by atoms with Gasteiger partial charge in [0.15, 0.2) is 5.13 Å². The smallest absolute Gasteiger partial charge is 0.266 e. The molecular weight excluding hydrogens is 387 g/mol. The second kappa shape index (κ2) is 7.45. The second-order valence-corrected chi connectivity index (χ2v) is 8.93. The van der Waals surface area contributed by atoms with Crippen LogP contribution < -0.4 is 15.8 Å². The Labute approximate surface area is 154 Å². The normalized spacial score (nSPS) is 21.1. The minimum atomic E-state index is -4.10. The number of nitrogens with two attached hydrogens (primary N) is 1. The van der Waals surface area contributed by atoms with Crippen LogP contribution in [0, 0.1) is 5.82 Å². The molecule has 6 nitrogen and oxygen atoms in total. The van der Waals surface area contributed by atoms with Gasteiger partial charge in [0, 0.05) is 23.7 Å². The lowest BCUT2D eigenvalue weighted by molar-refractivity contribution is 0.409. The van der Waals surface area contributed by atoms with Gasteiger partial charge in [-0.2, -0.15) is 0 Å². The van der Waals surface area contributed by atoms with Crippen molar-refractivity contribution in [1.29, 1.82) is 0 Å². The SMILES string of the molecule is NC1CCCC(Nc2cc(F)c(S(=O)(=O)Nc3nccs3)cc2Cl)C1. The van der Waals surface area contributed by atoms with Crippen LogP contribution in [-0.4, -0.2) is 25.5 Å². The fourth-order valence-electron chi connectivity index (χ4n) is 2.87. The molecule has 1 aliphatic carbocycles. The average Bonchev–Trinajstić information content (AvgIpc) is 3.02. The van der Waals surface area contributed by atoms with Crippen molar-refractivity contribution in [3.63, 3.8) is 0 Å². The zero-order chi connectivity index (χ0) is 18.0. The third kappa shape index (κ3) is 4.41. The zero-order valence-electron chi connectivity index (χ0n) is 13.2. The molecule has 2 aromatic rings. The van der Waals surface area contributed by atoms with Gasteiger partial charge in [0.05, 0.1) is 10.7 Å². The maximum absolute atomic E-state index is 14.4. The van der Waals surface area contributed by atoms with Crippen molar-refractivity contribution in [1.82, 2.24) is 4.98 Å². The van der Waals surface area contributed by atoms with Crippen LogP contribution in [0.5, 0.6) is 0 Å². The highest BCUT2D eigenvalue weighted by Gasteiger charge is 2.24. The van der Waals surface area contributed by atoms with Crippen LogP contribution >= 0.6 is 22.9 Å². The number of anilines is 2. The van der Waals surface area contributed by atoms with Crippen LogP contribution in [0.3, 0.4) is 0 Å². The van der Waals surface area contributed by atoms with Gasteiger partial charge in [0.1, 0.15) is 10.7 Å². The summed E-state index contributed by atoms with van der Waals surface area (Å²) in [5.41, 5.74) is 6.32. The number of nitrogens with one attached hydrogen (secondary N) is 2. The monoisotopic (exact) mass is 404 g/mol. The minimum Gasteiger partial charge on any atom is -0.381 e. The highest BCUT2D eigenvalue weighted by molar-refractivity contribution is 7.93. The molecule has 0 radical (unpaired) electrons. The molecule has 1 saturated carbocycles. The predicted molar refractivity (Wildman–Crippen MR) is 98.2 cm³/mol. The van der Waals surface area contributed by atoms with E-state index in [0.29, 0.717) is 5.69 Å². The van der Waals surface area contributed by atoms with Crippen molar-refractivity contribution in [2.75, 3.05) is 10.0 Å². The highest BCUT2D eigenvalue weighted by Crippen LogP contribution is 2.31. The van der Waals surface area contributed by atoms with E-state index in [9.17, 15) is 12.8 Å². The summed E-state index contributed by atoms with van der Waals surface area (Å²) in [6.07, 6.45) is 5.09. The number of aromatic nitrogens is 1. The highest BCUT2D eigenvalue weighted by atomic mass is 35.5. The van der Waals surface area contributed by atoms with E-state index >= 15 is 0 Å². The second-order valence-electron chi connectivity index (χ2n) is 5.97. The first kappa shape index (κ1) is 18.4. The van der Waals surface area contributed by atoms with Gasteiger partial charge in [-0.15, -0.1) is 11.3 Å². The predicted octanol–water partition coefficient (Wildman–Crippen LogP) is 3.42. The summed E-state index contributed by atoms with van der Waals surface area (Å²) in [6.45, 7) is 0. The number of sulfonamides is 1. The van der Waals surface area contributed by atoms with E-state index in [2.05, 4.69) is 15.0 Å². The Balaban J connectivity index is 1.82. The Morgan fingerprint density at radius 2 is 2.16 bits per heavy atom. The van der Waals surface area contributed by atoms with Gasteiger partial charge < -0.3 is 11.1 Å². The average molecular weight is 405 g/mol. The molecule has 3 rings (SSSR count). The lowest BCUT2D eigenvalue weighted by Gasteiger charge is -2.28. The van der Waals surface area contributed by atoms with Crippen LogP contribution in [0.1, 0.15) is 25.7 Å². The molecule has 0 spiro atoms. The Morgan fingerprint density at radius 1 is 1.36 bits per heavy atom. The fourth-order valence-corrected chi connectivity index (χ4v) is 5.03. The molecule has 1 heterocycles. The molecule has 0 amide bonds. The third-order valence-electron chi connectivity index (χ3n) is 4.04. The molecule has 4 N–H and O–H groups in total. The number of rotatable bonds is 5. The summed E-state index contributed by atoms with van der Waals surface area (Å²) < 4.78 is 41.3. The molecule has 2 atom stereocenters. The van der Waals surface area contributed by atoms with Crippen molar-refractivity contribution < 1.29 is 12.8 Å². The van der Waals surface area contributed by atoms with Gasteiger partial charge in [0.25, 0.3) is 10.0 Å². The van der Waals surface area contributed by atoms with Gasteiger partial charge in [0.2, 0.25) is 0 Å². The summed E-state index contributed by atoms with van der Waals surface area (Å²) in [6, 6.07) is 2.42. The molecule has 1 fully saturated rings. The van der Waals surface area contributed by atoms with Crippen LogP contribution in [0.15, 0.2) is 28.6 Å². The molecule has 1 aromatic heterocycles. The molecule has 10 heteroatoms. The van der Waals surface area contributed by atoms with Crippen molar-refractivity contribution >= 4 is 43.8 Å². The van der Waals surface area contributed by atoms with Crippen LogP contribution in [0.4, 0.5) is 15.2 Å². The summed E-state index contributed by atoms with van der Waals surface area (Å²) in [7, 11) is -4.10. The lowest BCUT2D eigenvalue weighted by Crippen LogP contribution is -2.35. The van der Waals surface area contributed by atoms with Crippen LogP contribution in [-0.2, 0) is 10.0 Å². The Bertz CT molecular complexity index is 845. The molecule has 2 unspecified atom stereocenters. The standard InChI is InChI=1S/C15H18ClFN4O2S2/c16-11-7-14(25(22,23)21-15-19-4-5-24-15)12(17)8-13(11)20-10-3-1-2-9(18)6-10/h4-5,7-10,20H,1-3,6,18H2,(H,19,21). The minimum absolute atomic E-state index is 0.0940. The number of hydrogen-bond donors (Lipinski definition) is 3.